The van der Waals surface area contributed by atoms with Gasteiger partial charge in [0.2, 0.25) is 5.89 Å². The molecule has 0 aromatic carbocycles. The molecule has 0 bridgehead atoms. The Balaban J connectivity index is 1.76. The Morgan fingerprint density at radius 2 is 2.19 bits per heavy atom. The molecule has 3 rings (SSSR count). The van der Waals surface area contributed by atoms with Crippen LogP contribution in [0.25, 0.3) is 5.70 Å². The highest BCUT2D eigenvalue weighted by Gasteiger charge is 2.26. The summed E-state index contributed by atoms with van der Waals surface area (Å²) in [5, 5.41) is 14.4. The van der Waals surface area contributed by atoms with Gasteiger partial charge in [-0.2, -0.15) is 0 Å². The molecule has 1 saturated heterocycles. The van der Waals surface area contributed by atoms with Gasteiger partial charge >= 0.3 is 0 Å². The van der Waals surface area contributed by atoms with Crippen LogP contribution in [0.1, 0.15) is 24.1 Å². The number of allylic oxidation sites excluding steroid dienone is 1. The smallest absolute Gasteiger partial charge is 0.263 e. The van der Waals surface area contributed by atoms with E-state index in [-0.39, 0.29) is 0 Å². The number of rotatable bonds is 3. The van der Waals surface area contributed by atoms with E-state index in [1.54, 1.807) is 6.08 Å². The second kappa shape index (κ2) is 5.65. The molecule has 1 unspecified atom stereocenters. The van der Waals surface area contributed by atoms with E-state index in [0.717, 1.165) is 38.3 Å². The molecule has 1 aromatic heterocycles. The third-order valence-electron chi connectivity index (χ3n) is 3.77. The molecule has 3 heterocycles. The van der Waals surface area contributed by atoms with E-state index in [4.69, 9.17) is 15.9 Å². The van der Waals surface area contributed by atoms with E-state index in [1.807, 2.05) is 0 Å². The second-order valence-corrected chi connectivity index (χ2v) is 5.47. The van der Waals surface area contributed by atoms with Gasteiger partial charge in [-0.1, -0.05) is 0 Å². The Morgan fingerprint density at radius 3 is 2.90 bits per heavy atom. The van der Waals surface area contributed by atoms with E-state index >= 15 is 0 Å². The van der Waals surface area contributed by atoms with Crippen LogP contribution in [0.4, 0.5) is 0 Å². The Bertz CT molecular complexity index is 577. The maximum absolute atomic E-state index is 6.02. The minimum Gasteiger partial charge on any atom is -0.419 e. The highest BCUT2D eigenvalue weighted by atomic mass is 16.4. The Morgan fingerprint density at radius 1 is 1.38 bits per heavy atom. The van der Waals surface area contributed by atoms with E-state index in [2.05, 4.69) is 32.8 Å². The summed E-state index contributed by atoms with van der Waals surface area (Å²) in [5.41, 5.74) is 13.0. The van der Waals surface area contributed by atoms with E-state index in [1.165, 1.54) is 0 Å². The maximum Gasteiger partial charge on any atom is 0.263 e. The highest BCUT2D eigenvalue weighted by Crippen LogP contribution is 2.25. The van der Waals surface area contributed by atoms with Crippen LogP contribution in [0.5, 0.6) is 0 Å². The molecule has 21 heavy (non-hydrogen) atoms. The first kappa shape index (κ1) is 13.7. The SMILES string of the molecule is CN1CCC(c2nnc(/C(N)=C/C3=C(N)NCCN3)o2)C1. The summed E-state index contributed by atoms with van der Waals surface area (Å²) in [4.78, 5) is 2.25. The number of likely N-dealkylation sites (tertiary alicyclic amines) is 1. The van der Waals surface area contributed by atoms with Gasteiger partial charge in [0, 0.05) is 19.6 Å². The lowest BCUT2D eigenvalue weighted by atomic mass is 10.1. The number of nitrogens with zero attached hydrogens (tertiary/aromatic N) is 3. The van der Waals surface area contributed by atoms with Gasteiger partial charge in [-0.05, 0) is 26.1 Å². The molecule has 6 N–H and O–H groups in total. The molecule has 8 nitrogen and oxygen atoms in total. The van der Waals surface area contributed by atoms with E-state index in [9.17, 15) is 0 Å². The van der Waals surface area contributed by atoms with Crippen LogP contribution in [0.2, 0.25) is 0 Å². The monoisotopic (exact) mass is 291 g/mol. The van der Waals surface area contributed by atoms with Crippen LogP contribution in [-0.2, 0) is 0 Å². The van der Waals surface area contributed by atoms with Crippen molar-refractivity contribution in [1.82, 2.24) is 25.7 Å². The molecule has 1 fully saturated rings. The van der Waals surface area contributed by atoms with Crippen LogP contribution in [-0.4, -0.2) is 48.3 Å². The summed E-state index contributed by atoms with van der Waals surface area (Å²) >= 11 is 0. The van der Waals surface area contributed by atoms with Gasteiger partial charge in [0.15, 0.2) is 0 Å². The molecule has 114 valence electrons. The minimum atomic E-state index is 0.294. The van der Waals surface area contributed by atoms with Crippen molar-refractivity contribution in [3.05, 3.63) is 29.4 Å². The Kier molecular flexibility index (Phi) is 3.70. The predicted molar refractivity (Wildman–Crippen MR) is 78.5 cm³/mol. The van der Waals surface area contributed by atoms with E-state index < -0.39 is 0 Å². The summed E-state index contributed by atoms with van der Waals surface area (Å²) in [7, 11) is 2.09. The first-order valence-corrected chi connectivity index (χ1v) is 7.10. The van der Waals surface area contributed by atoms with Crippen LogP contribution in [0.3, 0.4) is 0 Å². The second-order valence-electron chi connectivity index (χ2n) is 5.47. The molecule has 8 heteroatoms. The van der Waals surface area contributed by atoms with Gasteiger partial charge in [0.25, 0.3) is 5.89 Å². The number of hydrogen-bond acceptors (Lipinski definition) is 8. The topological polar surface area (TPSA) is 118 Å². The Labute approximate surface area is 123 Å². The van der Waals surface area contributed by atoms with Gasteiger partial charge in [-0.15, -0.1) is 10.2 Å². The lowest BCUT2D eigenvalue weighted by molar-refractivity contribution is 0.390. The largest absolute Gasteiger partial charge is 0.419 e. The van der Waals surface area contributed by atoms with E-state index in [0.29, 0.717) is 29.2 Å². The zero-order valence-electron chi connectivity index (χ0n) is 12.1. The summed E-state index contributed by atoms with van der Waals surface area (Å²) in [6.07, 6.45) is 2.75. The van der Waals surface area contributed by atoms with Gasteiger partial charge < -0.3 is 31.4 Å². The van der Waals surface area contributed by atoms with Crippen molar-refractivity contribution >= 4 is 5.70 Å². The first-order chi connectivity index (χ1) is 10.1. The molecule has 0 radical (unpaired) electrons. The summed E-state index contributed by atoms with van der Waals surface area (Å²) in [6, 6.07) is 0. The fourth-order valence-electron chi connectivity index (χ4n) is 2.58. The number of hydrogen-bond donors (Lipinski definition) is 4. The first-order valence-electron chi connectivity index (χ1n) is 7.10. The minimum absolute atomic E-state index is 0.294. The van der Waals surface area contributed by atoms with Crippen LogP contribution in [0.15, 0.2) is 22.0 Å². The predicted octanol–water partition coefficient (Wildman–Crippen LogP) is -0.891. The number of aromatic nitrogens is 2. The fraction of sp³-hybridized carbons (Fsp3) is 0.538. The summed E-state index contributed by atoms with van der Waals surface area (Å²) in [5.74, 6) is 1.86. The Hall–Kier alpha value is -2.22. The zero-order valence-corrected chi connectivity index (χ0v) is 12.1. The molecule has 2 aliphatic rings. The van der Waals surface area contributed by atoms with Crippen molar-refractivity contribution in [3.63, 3.8) is 0 Å². The quantitative estimate of drug-likeness (QED) is 0.566. The average molecular weight is 291 g/mol. The number of nitrogens with one attached hydrogen (secondary N) is 2. The molecule has 2 aliphatic heterocycles. The lowest BCUT2D eigenvalue weighted by Crippen LogP contribution is -2.38. The van der Waals surface area contributed by atoms with Crippen LogP contribution < -0.4 is 22.1 Å². The third-order valence-corrected chi connectivity index (χ3v) is 3.77. The van der Waals surface area contributed by atoms with Gasteiger partial charge in [-0.25, -0.2) is 0 Å². The number of nitrogens with two attached hydrogens (primary N) is 2. The maximum atomic E-state index is 6.02. The molecule has 1 atom stereocenters. The molecular formula is C13H21N7O. The zero-order chi connectivity index (χ0) is 14.8. The molecule has 1 aromatic rings. The van der Waals surface area contributed by atoms with Crippen molar-refractivity contribution in [2.24, 2.45) is 11.5 Å². The molecule has 0 aliphatic carbocycles. The normalized spacial score (nSPS) is 24.0. The van der Waals surface area contributed by atoms with Gasteiger partial charge in [-0.3, -0.25) is 0 Å². The summed E-state index contributed by atoms with van der Waals surface area (Å²) < 4.78 is 5.70. The molecule has 0 saturated carbocycles. The van der Waals surface area contributed by atoms with Crippen molar-refractivity contribution < 1.29 is 4.42 Å². The highest BCUT2D eigenvalue weighted by molar-refractivity contribution is 5.58. The van der Waals surface area contributed by atoms with Gasteiger partial charge in [0.1, 0.15) is 5.82 Å². The number of likely N-dealkylation sites (N-methyl/N-ethyl adjacent to an activating group) is 1. The average Bonchev–Trinajstić information content (AvgIpc) is 3.10. The van der Waals surface area contributed by atoms with Crippen molar-refractivity contribution in [2.45, 2.75) is 12.3 Å². The lowest BCUT2D eigenvalue weighted by Gasteiger charge is -2.18. The van der Waals surface area contributed by atoms with Crippen molar-refractivity contribution in [1.29, 1.82) is 0 Å². The van der Waals surface area contributed by atoms with Crippen LogP contribution >= 0.6 is 0 Å². The molecular weight excluding hydrogens is 270 g/mol. The van der Waals surface area contributed by atoms with Crippen molar-refractivity contribution in [2.75, 3.05) is 33.2 Å². The van der Waals surface area contributed by atoms with Crippen molar-refractivity contribution in [3.8, 4) is 0 Å². The van der Waals surface area contributed by atoms with Crippen LogP contribution in [0, 0.1) is 0 Å². The molecule has 0 amide bonds. The fourth-order valence-corrected chi connectivity index (χ4v) is 2.58. The molecule has 0 spiro atoms. The third kappa shape index (κ3) is 2.94. The standard InChI is InChI=1S/C13H21N7O/c1-20-5-2-8(7-20)12-18-19-13(21-12)9(14)6-10-11(15)17-4-3-16-10/h6,8,16-17H,2-5,7,14-15H2,1H3/b9-6-. The summed E-state index contributed by atoms with van der Waals surface area (Å²) in [6.45, 7) is 3.58. The van der Waals surface area contributed by atoms with Gasteiger partial charge in [0.05, 0.1) is 17.3 Å².